The Hall–Kier alpha value is -0.750. The average molecular weight is 365 g/mol. The highest BCUT2D eigenvalue weighted by Crippen LogP contribution is 2.36. The van der Waals surface area contributed by atoms with Gasteiger partial charge < -0.3 is 10.2 Å². The molecule has 0 aromatic heterocycles. The fourth-order valence-corrected chi connectivity index (χ4v) is 3.09. The van der Waals surface area contributed by atoms with Gasteiger partial charge in [-0.3, -0.25) is 0 Å². The van der Waals surface area contributed by atoms with Gasteiger partial charge in [0.1, 0.15) is 0 Å². The van der Waals surface area contributed by atoms with Crippen molar-refractivity contribution < 1.29 is 13.2 Å². The Balaban J connectivity index is 2.24. The van der Waals surface area contributed by atoms with Gasteiger partial charge in [0, 0.05) is 30.1 Å². The summed E-state index contributed by atoms with van der Waals surface area (Å²) in [6.07, 6.45) is -3.26. The molecule has 1 aromatic rings. The smallest absolute Gasteiger partial charge is 0.368 e. The summed E-state index contributed by atoms with van der Waals surface area (Å²) in [4.78, 5) is 2.03. The van der Waals surface area contributed by atoms with Gasteiger partial charge >= 0.3 is 6.18 Å². The molecule has 0 bridgehead atoms. The Bertz CT molecular complexity index is 490. The lowest BCUT2D eigenvalue weighted by Crippen LogP contribution is -2.53. The number of hydrogen-bond acceptors (Lipinski definition) is 2. The molecule has 0 saturated carbocycles. The minimum Gasteiger partial charge on any atom is -0.368 e. The van der Waals surface area contributed by atoms with Crippen LogP contribution in [0.2, 0.25) is 0 Å². The molecule has 1 aromatic carbocycles. The van der Waals surface area contributed by atoms with Crippen LogP contribution in [0.15, 0.2) is 22.7 Å². The van der Waals surface area contributed by atoms with Gasteiger partial charge in [-0.05, 0) is 40.0 Å². The van der Waals surface area contributed by atoms with Crippen LogP contribution in [0.3, 0.4) is 0 Å². The molecule has 1 N–H and O–H groups in total. The van der Waals surface area contributed by atoms with Crippen molar-refractivity contribution in [1.29, 1.82) is 0 Å². The molecule has 2 unspecified atom stereocenters. The first kappa shape index (κ1) is 16.6. The maximum absolute atomic E-state index is 12.9. The third-order valence-electron chi connectivity index (χ3n) is 4.15. The third-order valence-corrected chi connectivity index (χ3v) is 4.82. The van der Waals surface area contributed by atoms with Gasteiger partial charge in [0.25, 0.3) is 0 Å². The van der Waals surface area contributed by atoms with Crippen molar-refractivity contribution in [2.24, 2.45) is 5.92 Å². The first-order valence-corrected chi connectivity index (χ1v) is 7.97. The molecule has 1 fully saturated rings. The summed E-state index contributed by atoms with van der Waals surface area (Å²) in [5.41, 5.74) is 0.0268. The normalized spacial score (nSPS) is 21.4. The summed E-state index contributed by atoms with van der Waals surface area (Å²) in [5, 5.41) is 3.45. The zero-order valence-corrected chi connectivity index (χ0v) is 13.8. The Labute approximate surface area is 131 Å². The highest BCUT2D eigenvalue weighted by atomic mass is 79.9. The number of alkyl halides is 3. The number of rotatable bonds is 3. The van der Waals surface area contributed by atoms with E-state index in [1.807, 2.05) is 4.90 Å². The summed E-state index contributed by atoms with van der Waals surface area (Å²) in [5.74, 6) is 0.498. The molecule has 0 radical (unpaired) electrons. The molecule has 118 valence electrons. The van der Waals surface area contributed by atoms with Crippen LogP contribution < -0.4 is 10.2 Å². The van der Waals surface area contributed by atoms with E-state index in [1.165, 1.54) is 12.1 Å². The highest BCUT2D eigenvalue weighted by molar-refractivity contribution is 9.10. The Morgan fingerprint density at radius 1 is 1.43 bits per heavy atom. The Morgan fingerprint density at radius 2 is 2.14 bits per heavy atom. The molecule has 0 amide bonds. The average Bonchev–Trinajstić information content (AvgIpc) is 2.45. The van der Waals surface area contributed by atoms with Crippen LogP contribution in [0.25, 0.3) is 0 Å². The maximum Gasteiger partial charge on any atom is 0.416 e. The number of benzene rings is 1. The van der Waals surface area contributed by atoms with Crippen LogP contribution in [0, 0.1) is 5.92 Å². The number of hydrogen-bond donors (Lipinski definition) is 1. The summed E-state index contributed by atoms with van der Waals surface area (Å²) in [7, 11) is 0. The molecule has 1 saturated heterocycles. The summed E-state index contributed by atoms with van der Waals surface area (Å²) in [6, 6.07) is 4.15. The SMILES string of the molecule is CCC(C)C1CN(c2cc(C(F)(F)F)ccc2Br)CCN1. The van der Waals surface area contributed by atoms with E-state index in [0.717, 1.165) is 25.6 Å². The molecular weight excluding hydrogens is 345 g/mol. The molecule has 2 atom stereocenters. The predicted molar refractivity (Wildman–Crippen MR) is 82.6 cm³/mol. The standard InChI is InChI=1S/C15H20BrF3N2/c1-3-10(2)13-9-21(7-6-20-13)14-8-11(15(17,18)19)4-5-12(14)16/h4-5,8,10,13,20H,3,6-7,9H2,1-2H3. The lowest BCUT2D eigenvalue weighted by atomic mass is 9.97. The van der Waals surface area contributed by atoms with Crippen molar-refractivity contribution in [2.75, 3.05) is 24.5 Å². The quantitative estimate of drug-likeness (QED) is 0.860. The van der Waals surface area contributed by atoms with Crippen molar-refractivity contribution >= 4 is 21.6 Å². The number of nitrogens with one attached hydrogen (secondary N) is 1. The van der Waals surface area contributed by atoms with Crippen LogP contribution >= 0.6 is 15.9 Å². The van der Waals surface area contributed by atoms with Crippen LogP contribution in [0.4, 0.5) is 18.9 Å². The highest BCUT2D eigenvalue weighted by Gasteiger charge is 2.32. The lowest BCUT2D eigenvalue weighted by molar-refractivity contribution is -0.137. The maximum atomic E-state index is 12.9. The van der Waals surface area contributed by atoms with E-state index in [9.17, 15) is 13.2 Å². The zero-order chi connectivity index (χ0) is 15.6. The molecule has 1 heterocycles. The molecule has 21 heavy (non-hydrogen) atoms. The number of piperazine rings is 1. The van der Waals surface area contributed by atoms with E-state index < -0.39 is 11.7 Å². The van der Waals surface area contributed by atoms with E-state index in [2.05, 4.69) is 35.1 Å². The van der Waals surface area contributed by atoms with E-state index in [1.54, 1.807) is 0 Å². The van der Waals surface area contributed by atoms with Crippen molar-refractivity contribution in [3.63, 3.8) is 0 Å². The second-order valence-corrected chi connectivity index (χ2v) is 6.41. The first-order valence-electron chi connectivity index (χ1n) is 7.18. The molecule has 1 aliphatic rings. The van der Waals surface area contributed by atoms with Gasteiger partial charge in [0.15, 0.2) is 0 Å². The molecular formula is C15H20BrF3N2. The van der Waals surface area contributed by atoms with Crippen LogP contribution in [-0.2, 0) is 6.18 Å². The summed E-state index contributed by atoms with van der Waals surface area (Å²) in [6.45, 7) is 6.54. The molecule has 6 heteroatoms. The van der Waals surface area contributed by atoms with Crippen LogP contribution in [-0.4, -0.2) is 25.7 Å². The molecule has 1 aliphatic heterocycles. The number of nitrogens with zero attached hydrogens (tertiary/aromatic N) is 1. The van der Waals surface area contributed by atoms with Gasteiger partial charge in [-0.15, -0.1) is 0 Å². The third kappa shape index (κ3) is 3.92. The summed E-state index contributed by atoms with van der Waals surface area (Å²) >= 11 is 3.38. The second-order valence-electron chi connectivity index (χ2n) is 5.56. The Kier molecular flexibility index (Phi) is 5.20. The van der Waals surface area contributed by atoms with Crippen LogP contribution in [0.5, 0.6) is 0 Å². The first-order chi connectivity index (χ1) is 9.82. The Morgan fingerprint density at radius 3 is 2.76 bits per heavy atom. The van der Waals surface area contributed by atoms with Crippen molar-refractivity contribution in [1.82, 2.24) is 5.32 Å². The van der Waals surface area contributed by atoms with Crippen LogP contribution in [0.1, 0.15) is 25.8 Å². The van der Waals surface area contributed by atoms with E-state index in [0.29, 0.717) is 28.7 Å². The van der Waals surface area contributed by atoms with E-state index in [4.69, 9.17) is 0 Å². The van der Waals surface area contributed by atoms with Gasteiger partial charge in [-0.25, -0.2) is 0 Å². The number of halogens is 4. The predicted octanol–water partition coefficient (Wildman–Crippen LogP) is 4.29. The van der Waals surface area contributed by atoms with Crippen molar-refractivity contribution in [3.05, 3.63) is 28.2 Å². The number of anilines is 1. The summed E-state index contributed by atoms with van der Waals surface area (Å²) < 4.78 is 39.3. The van der Waals surface area contributed by atoms with Gasteiger partial charge in [0.05, 0.1) is 11.3 Å². The van der Waals surface area contributed by atoms with Gasteiger partial charge in [-0.1, -0.05) is 20.3 Å². The fraction of sp³-hybridized carbons (Fsp3) is 0.600. The molecule has 2 rings (SSSR count). The monoisotopic (exact) mass is 364 g/mol. The molecule has 0 spiro atoms. The van der Waals surface area contributed by atoms with E-state index >= 15 is 0 Å². The lowest BCUT2D eigenvalue weighted by Gasteiger charge is -2.38. The molecule has 0 aliphatic carbocycles. The minimum atomic E-state index is -4.31. The van der Waals surface area contributed by atoms with Crippen molar-refractivity contribution in [3.8, 4) is 0 Å². The van der Waals surface area contributed by atoms with Crippen molar-refractivity contribution in [2.45, 2.75) is 32.5 Å². The largest absolute Gasteiger partial charge is 0.416 e. The topological polar surface area (TPSA) is 15.3 Å². The van der Waals surface area contributed by atoms with E-state index in [-0.39, 0.29) is 0 Å². The molecule has 2 nitrogen and oxygen atoms in total. The fourth-order valence-electron chi connectivity index (χ4n) is 2.59. The minimum absolute atomic E-state index is 0.310. The zero-order valence-electron chi connectivity index (χ0n) is 12.2. The second kappa shape index (κ2) is 6.57. The van der Waals surface area contributed by atoms with Gasteiger partial charge in [0.2, 0.25) is 0 Å². The van der Waals surface area contributed by atoms with Gasteiger partial charge in [-0.2, -0.15) is 13.2 Å².